The van der Waals surface area contributed by atoms with Crippen LogP contribution in [0.3, 0.4) is 0 Å². The monoisotopic (exact) mass is 677 g/mol. The van der Waals surface area contributed by atoms with Gasteiger partial charge in [0.2, 0.25) is 0 Å². The number of furan rings is 2. The van der Waals surface area contributed by atoms with E-state index in [-0.39, 0.29) is 0 Å². The second kappa shape index (κ2) is 10.6. The molecule has 0 unspecified atom stereocenters. The Morgan fingerprint density at radius 2 is 1.02 bits per heavy atom. The molecule has 246 valence electrons. The highest BCUT2D eigenvalue weighted by Gasteiger charge is 2.26. The second-order valence-corrected chi connectivity index (χ2v) is 13.7. The predicted octanol–water partition coefficient (Wildman–Crippen LogP) is 13.0. The average molecular weight is 678 g/mol. The number of para-hydroxylation sites is 3. The highest BCUT2D eigenvalue weighted by atomic mass is 16.3. The maximum Gasteiger partial charge on any atom is 0.163 e. The van der Waals surface area contributed by atoms with E-state index in [1.807, 2.05) is 42.5 Å². The molecule has 0 fully saturated rings. The van der Waals surface area contributed by atoms with E-state index in [1.165, 1.54) is 0 Å². The van der Waals surface area contributed by atoms with E-state index in [0.29, 0.717) is 0 Å². The molecule has 0 saturated carbocycles. The molecule has 0 radical (unpaired) electrons. The minimum Gasteiger partial charge on any atom is -0.455 e. The third kappa shape index (κ3) is 3.96. The van der Waals surface area contributed by atoms with Crippen LogP contribution < -0.4 is 0 Å². The smallest absolute Gasteiger partial charge is 0.163 e. The van der Waals surface area contributed by atoms with Gasteiger partial charge in [0.1, 0.15) is 16.7 Å². The minimum atomic E-state index is 0.806. The summed E-state index contributed by atoms with van der Waals surface area (Å²) >= 11 is 0. The van der Waals surface area contributed by atoms with Gasteiger partial charge in [0.15, 0.2) is 5.58 Å². The molecular formula is C48H27N3O2. The lowest BCUT2D eigenvalue weighted by atomic mass is 10.0. The van der Waals surface area contributed by atoms with Gasteiger partial charge in [-0.3, -0.25) is 0 Å². The summed E-state index contributed by atoms with van der Waals surface area (Å²) in [7, 11) is 0. The minimum absolute atomic E-state index is 0.806. The Hall–Kier alpha value is -7.24. The summed E-state index contributed by atoms with van der Waals surface area (Å²) in [5, 5.41) is 8.59. The lowest BCUT2D eigenvalue weighted by Crippen LogP contribution is -1.98. The number of aromatic nitrogens is 3. The Bertz CT molecular complexity index is 3450. The Labute approximate surface area is 302 Å². The van der Waals surface area contributed by atoms with Crippen molar-refractivity contribution >= 4 is 87.5 Å². The fourth-order valence-corrected chi connectivity index (χ4v) is 8.44. The summed E-state index contributed by atoms with van der Waals surface area (Å²) in [4.78, 5) is 10.7. The van der Waals surface area contributed by atoms with E-state index in [0.717, 1.165) is 116 Å². The van der Waals surface area contributed by atoms with Crippen molar-refractivity contribution in [2.45, 2.75) is 0 Å². The van der Waals surface area contributed by atoms with E-state index in [4.69, 9.17) is 18.8 Å². The summed E-state index contributed by atoms with van der Waals surface area (Å²) in [5.41, 5.74) is 12.0. The molecule has 0 aliphatic heterocycles. The maximum atomic E-state index is 6.84. The predicted molar refractivity (Wildman–Crippen MR) is 217 cm³/mol. The number of hydrogen-bond acceptors (Lipinski definition) is 4. The van der Waals surface area contributed by atoms with Crippen molar-refractivity contribution in [1.82, 2.24) is 14.5 Å². The van der Waals surface area contributed by atoms with Gasteiger partial charge in [-0.1, -0.05) is 127 Å². The van der Waals surface area contributed by atoms with Gasteiger partial charge in [0, 0.05) is 49.1 Å². The number of nitrogens with zero attached hydrogens (tertiary/aromatic N) is 3. The zero-order chi connectivity index (χ0) is 34.6. The molecule has 8 aromatic carbocycles. The van der Waals surface area contributed by atoms with Crippen LogP contribution in [0.4, 0.5) is 0 Å². The Balaban J connectivity index is 1.23. The van der Waals surface area contributed by atoms with Gasteiger partial charge in [-0.05, 0) is 41.8 Å². The van der Waals surface area contributed by atoms with Crippen molar-refractivity contribution in [2.75, 3.05) is 0 Å². The van der Waals surface area contributed by atoms with Crippen LogP contribution in [-0.2, 0) is 0 Å². The number of rotatable bonds is 3. The summed E-state index contributed by atoms with van der Waals surface area (Å²) in [6.07, 6.45) is 0. The molecule has 0 aliphatic carbocycles. The maximum absolute atomic E-state index is 6.84. The first kappa shape index (κ1) is 28.5. The summed E-state index contributed by atoms with van der Waals surface area (Å²) < 4.78 is 15.9. The first-order chi connectivity index (χ1) is 26.3. The fraction of sp³-hybridized carbons (Fsp3) is 0. The number of hydrogen-bond donors (Lipinski definition) is 0. The molecule has 12 aromatic rings. The van der Waals surface area contributed by atoms with Crippen LogP contribution in [0.1, 0.15) is 0 Å². The molecule has 0 amide bonds. The van der Waals surface area contributed by atoms with Crippen LogP contribution in [0.25, 0.3) is 116 Å². The molecule has 0 atom stereocenters. The van der Waals surface area contributed by atoms with E-state index in [1.54, 1.807) is 0 Å². The summed E-state index contributed by atoms with van der Waals surface area (Å²) in [6, 6.07) is 56.8. The van der Waals surface area contributed by atoms with Crippen molar-refractivity contribution in [3.8, 4) is 28.2 Å². The average Bonchev–Trinajstić information content (AvgIpc) is 3.91. The Morgan fingerprint density at radius 3 is 1.75 bits per heavy atom. The van der Waals surface area contributed by atoms with Crippen LogP contribution in [0.5, 0.6) is 0 Å². The highest BCUT2D eigenvalue weighted by molar-refractivity contribution is 6.38. The molecule has 0 bridgehead atoms. The largest absolute Gasteiger partial charge is 0.455 e. The van der Waals surface area contributed by atoms with Crippen LogP contribution >= 0.6 is 0 Å². The lowest BCUT2D eigenvalue weighted by Gasteiger charge is -2.14. The van der Waals surface area contributed by atoms with Crippen LogP contribution in [0.2, 0.25) is 0 Å². The topological polar surface area (TPSA) is 57.0 Å². The molecule has 0 N–H and O–H groups in total. The standard InChI is InChI=1S/C48H27N3O2/c1-3-13-29(14-4-1)43-44(30-15-5-2-6-16-30)50-45-35-27-31(25-23-28(35)24-26-36(45)49-43)51-37-20-10-7-17-32(37)40-41-33-18-8-11-21-38(33)52-47(41)42-34-19-9-12-22-39(34)53-48(42)46(40)51/h1-27H. The van der Waals surface area contributed by atoms with Gasteiger partial charge in [0.25, 0.3) is 0 Å². The summed E-state index contributed by atoms with van der Waals surface area (Å²) in [5.74, 6) is 0. The van der Waals surface area contributed by atoms with Gasteiger partial charge in [-0.15, -0.1) is 0 Å². The third-order valence-corrected chi connectivity index (χ3v) is 10.7. The second-order valence-electron chi connectivity index (χ2n) is 13.7. The molecule has 12 rings (SSSR count). The quantitative estimate of drug-likeness (QED) is 0.175. The molecule has 0 spiro atoms. The van der Waals surface area contributed by atoms with Gasteiger partial charge in [-0.25, -0.2) is 9.97 Å². The van der Waals surface area contributed by atoms with Crippen LogP contribution in [-0.4, -0.2) is 14.5 Å². The molecule has 4 aromatic heterocycles. The fourth-order valence-electron chi connectivity index (χ4n) is 8.44. The van der Waals surface area contributed by atoms with Crippen LogP contribution in [0, 0.1) is 0 Å². The Morgan fingerprint density at radius 1 is 0.434 bits per heavy atom. The van der Waals surface area contributed by atoms with Gasteiger partial charge >= 0.3 is 0 Å². The molecule has 0 aliphatic rings. The molecule has 5 heteroatoms. The first-order valence-electron chi connectivity index (χ1n) is 17.8. The van der Waals surface area contributed by atoms with Gasteiger partial charge < -0.3 is 13.4 Å². The van der Waals surface area contributed by atoms with E-state index in [2.05, 4.69) is 126 Å². The van der Waals surface area contributed by atoms with Crippen LogP contribution in [0.15, 0.2) is 173 Å². The molecule has 4 heterocycles. The Kier molecular flexibility index (Phi) is 5.71. The normalized spacial score (nSPS) is 12.2. The van der Waals surface area contributed by atoms with Gasteiger partial charge in [0.05, 0.1) is 38.8 Å². The number of fused-ring (bicyclic) bond motifs is 15. The molecular weight excluding hydrogens is 651 g/mol. The molecule has 5 nitrogen and oxygen atoms in total. The third-order valence-electron chi connectivity index (χ3n) is 10.7. The zero-order valence-electron chi connectivity index (χ0n) is 28.2. The molecule has 53 heavy (non-hydrogen) atoms. The van der Waals surface area contributed by atoms with Gasteiger partial charge in [-0.2, -0.15) is 0 Å². The number of benzene rings is 8. The first-order valence-corrected chi connectivity index (χ1v) is 17.8. The van der Waals surface area contributed by atoms with E-state index >= 15 is 0 Å². The van der Waals surface area contributed by atoms with Crippen molar-refractivity contribution in [3.05, 3.63) is 164 Å². The van der Waals surface area contributed by atoms with E-state index in [9.17, 15) is 0 Å². The van der Waals surface area contributed by atoms with Crippen molar-refractivity contribution in [2.24, 2.45) is 0 Å². The zero-order valence-corrected chi connectivity index (χ0v) is 28.2. The summed E-state index contributed by atoms with van der Waals surface area (Å²) in [6.45, 7) is 0. The molecule has 0 saturated heterocycles. The highest BCUT2D eigenvalue weighted by Crippen LogP contribution is 2.49. The van der Waals surface area contributed by atoms with E-state index < -0.39 is 0 Å². The lowest BCUT2D eigenvalue weighted by molar-refractivity contribution is 0.664. The van der Waals surface area contributed by atoms with Crippen molar-refractivity contribution in [3.63, 3.8) is 0 Å². The van der Waals surface area contributed by atoms with Crippen molar-refractivity contribution in [1.29, 1.82) is 0 Å². The van der Waals surface area contributed by atoms with Crippen molar-refractivity contribution < 1.29 is 8.83 Å². The SMILES string of the molecule is c1ccc(-c2nc3ccc4ccc(-n5c6ccccc6c6c7c8ccccc8oc7c7c8ccccc8oc7c65)cc4c3nc2-c2ccccc2)cc1.